The zero-order chi connectivity index (χ0) is 26.6. The highest BCUT2D eigenvalue weighted by Gasteiger charge is 2.57. The van der Waals surface area contributed by atoms with Crippen LogP contribution in [0.25, 0.3) is 0 Å². The molecule has 3 amide bonds. The van der Waals surface area contributed by atoms with Crippen molar-refractivity contribution in [2.75, 3.05) is 18.0 Å². The van der Waals surface area contributed by atoms with Gasteiger partial charge in [0.2, 0.25) is 17.7 Å². The van der Waals surface area contributed by atoms with Gasteiger partial charge in [0.05, 0.1) is 16.6 Å². The summed E-state index contributed by atoms with van der Waals surface area (Å²) in [5, 5.41) is 11.0. The molecular weight excluding hydrogens is 546 g/mol. The van der Waals surface area contributed by atoms with Gasteiger partial charge in [-0.3, -0.25) is 23.7 Å². The van der Waals surface area contributed by atoms with E-state index in [4.69, 9.17) is 11.6 Å². The Labute approximate surface area is 231 Å². The maximum absolute atomic E-state index is 13.9. The number of fused-ring (bicyclic) bond motifs is 2. The first-order valence-corrected chi connectivity index (χ1v) is 14.5. The molecule has 2 fully saturated rings. The summed E-state index contributed by atoms with van der Waals surface area (Å²) in [4.78, 5) is 57.1. The minimum absolute atomic E-state index is 0.0175. The number of nitrogens with zero attached hydrogens (tertiary/aromatic N) is 3. The van der Waals surface area contributed by atoms with Crippen LogP contribution in [0.4, 0.5) is 5.69 Å². The number of hydrogen-bond acceptors (Lipinski definition) is 7. The molecule has 4 heterocycles. The number of aromatic hydroxyl groups is 1. The van der Waals surface area contributed by atoms with Crippen molar-refractivity contribution in [3.63, 3.8) is 0 Å². The number of phenolic OH excluding ortho intramolecular Hbond substituents is 1. The smallest absolute Gasteiger partial charge is 0.308 e. The summed E-state index contributed by atoms with van der Waals surface area (Å²) in [6.45, 7) is 1.22. The standard InChI is InChI=1S/C27H24ClN3O5S2/c28-15-8-10-16(11-9-15)31-24(34)21-20(17-6-2-3-7-18(17)32)23-26(37-22(21)25(31)35)30(27(36)38-23)14-19(33)29-12-4-1-5-13-29/h2-3,6-11,20-22,32H,1,4-5,12-14H2/t20-,21?,22?/m0/s1. The van der Waals surface area contributed by atoms with Crippen molar-refractivity contribution in [1.82, 2.24) is 9.47 Å². The molecule has 6 rings (SSSR count). The number of thioether (sulfide) groups is 1. The summed E-state index contributed by atoms with van der Waals surface area (Å²) in [5.74, 6) is -2.48. The molecule has 8 nitrogen and oxygen atoms in total. The molecule has 1 aromatic heterocycles. The van der Waals surface area contributed by atoms with Crippen LogP contribution in [0.15, 0.2) is 58.4 Å². The van der Waals surface area contributed by atoms with Crippen LogP contribution < -0.4 is 9.77 Å². The van der Waals surface area contributed by atoms with Crippen LogP contribution in [0.5, 0.6) is 5.75 Å². The van der Waals surface area contributed by atoms with E-state index in [-0.39, 0.29) is 23.1 Å². The van der Waals surface area contributed by atoms with E-state index in [1.807, 2.05) is 0 Å². The Bertz CT molecular complexity index is 1500. The van der Waals surface area contributed by atoms with Crippen LogP contribution >= 0.6 is 34.7 Å². The summed E-state index contributed by atoms with van der Waals surface area (Å²) in [7, 11) is 0. The normalized spacial score (nSPS) is 22.9. The van der Waals surface area contributed by atoms with Crippen LogP contribution in [0.3, 0.4) is 0 Å². The van der Waals surface area contributed by atoms with E-state index in [0.29, 0.717) is 39.3 Å². The Morgan fingerprint density at radius 3 is 2.39 bits per heavy atom. The molecule has 2 aromatic carbocycles. The SMILES string of the molecule is O=C(Cn1c2c(sc1=O)[C@@H](c1ccccc1O)C1C(=O)N(c3ccc(Cl)cc3)C(=O)C1S2)N1CCCCC1. The fourth-order valence-corrected chi connectivity index (χ4v) is 8.45. The van der Waals surface area contributed by atoms with Crippen molar-refractivity contribution in [2.45, 2.75) is 42.0 Å². The maximum atomic E-state index is 13.9. The molecule has 2 unspecified atom stereocenters. The van der Waals surface area contributed by atoms with Crippen molar-refractivity contribution in [3.8, 4) is 5.75 Å². The molecular formula is C27H24ClN3O5S2. The van der Waals surface area contributed by atoms with E-state index < -0.39 is 28.9 Å². The molecule has 0 saturated carbocycles. The molecule has 11 heteroatoms. The van der Waals surface area contributed by atoms with Crippen molar-refractivity contribution >= 4 is 58.1 Å². The van der Waals surface area contributed by atoms with Crippen molar-refractivity contribution in [3.05, 3.63) is 73.7 Å². The second-order valence-corrected chi connectivity index (χ2v) is 12.2. The van der Waals surface area contributed by atoms with Crippen molar-refractivity contribution in [2.24, 2.45) is 5.92 Å². The number of anilines is 1. The van der Waals surface area contributed by atoms with Gasteiger partial charge in [0.25, 0.3) is 0 Å². The fourth-order valence-electron chi connectivity index (χ4n) is 5.56. The number of para-hydroxylation sites is 1. The van der Waals surface area contributed by atoms with E-state index in [2.05, 4.69) is 0 Å². The Balaban J connectivity index is 1.45. The Morgan fingerprint density at radius 2 is 1.68 bits per heavy atom. The Hall–Kier alpha value is -3.08. The lowest BCUT2D eigenvalue weighted by Crippen LogP contribution is -2.39. The van der Waals surface area contributed by atoms with Gasteiger partial charge in [0.1, 0.15) is 17.5 Å². The molecule has 3 atom stereocenters. The molecule has 0 spiro atoms. The van der Waals surface area contributed by atoms with Crippen LogP contribution in [0.2, 0.25) is 5.02 Å². The Morgan fingerprint density at radius 1 is 0.974 bits per heavy atom. The molecule has 0 radical (unpaired) electrons. The predicted octanol–water partition coefficient (Wildman–Crippen LogP) is 4.08. The minimum atomic E-state index is -0.826. The number of piperidine rings is 1. The molecule has 2 saturated heterocycles. The highest BCUT2D eigenvalue weighted by atomic mass is 35.5. The summed E-state index contributed by atoms with van der Waals surface area (Å²) in [6, 6.07) is 13.2. The zero-order valence-corrected chi connectivity index (χ0v) is 22.6. The highest BCUT2D eigenvalue weighted by molar-refractivity contribution is 8.00. The van der Waals surface area contributed by atoms with E-state index in [9.17, 15) is 24.3 Å². The lowest BCUT2D eigenvalue weighted by atomic mass is 9.82. The van der Waals surface area contributed by atoms with Gasteiger partial charge in [-0.2, -0.15) is 0 Å². The first-order valence-electron chi connectivity index (χ1n) is 12.4. The van der Waals surface area contributed by atoms with E-state index in [1.165, 1.54) is 15.5 Å². The number of halogens is 1. The minimum Gasteiger partial charge on any atom is -0.508 e. The summed E-state index contributed by atoms with van der Waals surface area (Å²) >= 11 is 8.17. The van der Waals surface area contributed by atoms with Crippen LogP contribution in [-0.4, -0.2) is 50.6 Å². The Kier molecular flexibility index (Phi) is 6.57. The predicted molar refractivity (Wildman–Crippen MR) is 146 cm³/mol. The van der Waals surface area contributed by atoms with Crippen molar-refractivity contribution in [1.29, 1.82) is 0 Å². The number of phenols is 1. The first-order chi connectivity index (χ1) is 18.3. The van der Waals surface area contributed by atoms with Gasteiger partial charge in [-0.15, -0.1) is 0 Å². The maximum Gasteiger partial charge on any atom is 0.308 e. The van der Waals surface area contributed by atoms with Gasteiger partial charge < -0.3 is 10.0 Å². The van der Waals surface area contributed by atoms with Gasteiger partial charge in [-0.25, -0.2) is 4.90 Å². The second kappa shape index (κ2) is 9.91. The molecule has 3 aliphatic heterocycles. The molecule has 3 aliphatic rings. The quantitative estimate of drug-likeness (QED) is 0.475. The summed E-state index contributed by atoms with van der Waals surface area (Å²) in [5.41, 5.74) is 0.885. The van der Waals surface area contributed by atoms with Crippen molar-refractivity contribution < 1.29 is 19.5 Å². The van der Waals surface area contributed by atoms with E-state index in [0.717, 1.165) is 42.4 Å². The topological polar surface area (TPSA) is 99.9 Å². The second-order valence-electron chi connectivity index (χ2n) is 9.65. The summed E-state index contributed by atoms with van der Waals surface area (Å²) in [6.07, 6.45) is 2.96. The highest BCUT2D eigenvalue weighted by Crippen LogP contribution is 2.55. The molecule has 0 aliphatic carbocycles. The van der Waals surface area contributed by atoms with Gasteiger partial charge in [0, 0.05) is 34.5 Å². The van der Waals surface area contributed by atoms with E-state index in [1.54, 1.807) is 47.4 Å². The third-order valence-electron chi connectivity index (χ3n) is 7.41. The van der Waals surface area contributed by atoms with Crippen LogP contribution in [0.1, 0.15) is 35.6 Å². The molecule has 0 bridgehead atoms. The molecule has 38 heavy (non-hydrogen) atoms. The number of benzene rings is 2. The summed E-state index contributed by atoms with van der Waals surface area (Å²) < 4.78 is 1.44. The molecule has 1 N–H and O–H groups in total. The number of aromatic nitrogens is 1. The average Bonchev–Trinajstić information content (AvgIpc) is 3.36. The van der Waals surface area contributed by atoms with Crippen LogP contribution in [-0.2, 0) is 20.9 Å². The number of hydrogen-bond donors (Lipinski definition) is 1. The zero-order valence-electron chi connectivity index (χ0n) is 20.2. The molecule has 3 aromatic rings. The average molecular weight is 570 g/mol. The number of imide groups is 1. The number of rotatable bonds is 4. The number of amides is 3. The fraction of sp³-hybridized carbons (Fsp3) is 0.333. The van der Waals surface area contributed by atoms with Gasteiger partial charge in [0.15, 0.2) is 0 Å². The first kappa shape index (κ1) is 25.2. The van der Waals surface area contributed by atoms with Gasteiger partial charge >= 0.3 is 4.87 Å². The third-order valence-corrected chi connectivity index (χ3v) is 10.3. The third kappa shape index (κ3) is 4.15. The monoisotopic (exact) mass is 569 g/mol. The van der Waals surface area contributed by atoms with Gasteiger partial charge in [-0.1, -0.05) is 52.9 Å². The lowest BCUT2D eigenvalue weighted by Gasteiger charge is -2.31. The van der Waals surface area contributed by atoms with E-state index >= 15 is 0 Å². The largest absolute Gasteiger partial charge is 0.508 e. The number of thiazole rings is 1. The molecule has 196 valence electrons. The van der Waals surface area contributed by atoms with Gasteiger partial charge in [-0.05, 0) is 49.6 Å². The number of carbonyl (C=O) groups excluding carboxylic acids is 3. The number of carbonyl (C=O) groups is 3. The number of likely N-dealkylation sites (tertiary alicyclic amines) is 1. The lowest BCUT2D eigenvalue weighted by molar-refractivity contribution is -0.133. The van der Waals surface area contributed by atoms with Crippen LogP contribution in [0, 0.1) is 5.92 Å².